The number of carbonyl (C=O) groups is 1. The Labute approximate surface area is 89.9 Å². The van der Waals surface area contributed by atoms with E-state index in [1.807, 2.05) is 0 Å². The molecular weight excluding hydrogens is 188 g/mol. The van der Waals surface area contributed by atoms with Crippen LogP contribution in [0.2, 0.25) is 0 Å². The van der Waals surface area contributed by atoms with Crippen molar-refractivity contribution in [1.82, 2.24) is 4.90 Å². The molecule has 1 amide bonds. The van der Waals surface area contributed by atoms with E-state index in [1.165, 1.54) is 5.56 Å². The zero-order chi connectivity index (χ0) is 11.0. The fourth-order valence-electron chi connectivity index (χ4n) is 2.05. The Morgan fingerprint density at radius 3 is 2.40 bits per heavy atom. The van der Waals surface area contributed by atoms with E-state index in [9.17, 15) is 4.79 Å². The van der Waals surface area contributed by atoms with E-state index in [4.69, 9.17) is 5.73 Å². The number of hydrogen-bond donors (Lipinski definition) is 1. The van der Waals surface area contributed by atoms with Gasteiger partial charge in [0.2, 0.25) is 5.91 Å². The predicted octanol–water partition coefficient (Wildman–Crippen LogP) is 1.09. The first-order chi connectivity index (χ1) is 7.15. The predicted molar refractivity (Wildman–Crippen MR) is 59.3 cm³/mol. The molecule has 2 rings (SSSR count). The van der Waals surface area contributed by atoms with Crippen molar-refractivity contribution in [2.24, 2.45) is 5.73 Å². The summed E-state index contributed by atoms with van der Waals surface area (Å²) in [4.78, 5) is 13.0. The van der Waals surface area contributed by atoms with Crippen LogP contribution < -0.4 is 5.73 Å². The lowest BCUT2D eigenvalue weighted by Gasteiger charge is -2.43. The van der Waals surface area contributed by atoms with Crippen LogP contribution in [-0.2, 0) is 11.2 Å². The molecule has 1 aromatic rings. The third-order valence-electron chi connectivity index (χ3n) is 3.12. The van der Waals surface area contributed by atoms with E-state index >= 15 is 0 Å². The lowest BCUT2D eigenvalue weighted by molar-refractivity contribution is -0.147. The SMILES string of the molecule is CCc1ccc([C@H]2[C@H](N)C(=O)N2C)cc1. The highest BCUT2D eigenvalue weighted by Crippen LogP contribution is 2.31. The van der Waals surface area contributed by atoms with Gasteiger partial charge in [0.05, 0.1) is 6.04 Å². The Morgan fingerprint density at radius 2 is 1.93 bits per heavy atom. The van der Waals surface area contributed by atoms with E-state index in [1.54, 1.807) is 11.9 Å². The smallest absolute Gasteiger partial charge is 0.242 e. The van der Waals surface area contributed by atoms with Gasteiger partial charge in [-0.25, -0.2) is 0 Å². The van der Waals surface area contributed by atoms with Crippen LogP contribution in [0.4, 0.5) is 0 Å². The van der Waals surface area contributed by atoms with Gasteiger partial charge in [0.1, 0.15) is 6.04 Å². The molecule has 0 radical (unpaired) electrons. The Balaban J connectivity index is 2.20. The van der Waals surface area contributed by atoms with Gasteiger partial charge in [-0.2, -0.15) is 0 Å². The van der Waals surface area contributed by atoms with Gasteiger partial charge in [0, 0.05) is 7.05 Å². The Kier molecular flexibility index (Phi) is 2.49. The number of likely N-dealkylation sites (N-methyl/N-ethyl adjacent to an activating group) is 1. The number of aryl methyl sites for hydroxylation is 1. The molecule has 1 saturated heterocycles. The molecule has 15 heavy (non-hydrogen) atoms. The molecule has 80 valence electrons. The molecule has 0 bridgehead atoms. The molecule has 2 N–H and O–H groups in total. The van der Waals surface area contributed by atoms with Crippen molar-refractivity contribution < 1.29 is 4.79 Å². The molecule has 0 saturated carbocycles. The second kappa shape index (κ2) is 3.66. The van der Waals surface area contributed by atoms with E-state index in [0.29, 0.717) is 0 Å². The highest BCUT2D eigenvalue weighted by atomic mass is 16.2. The molecule has 3 nitrogen and oxygen atoms in total. The van der Waals surface area contributed by atoms with Gasteiger partial charge in [0.25, 0.3) is 0 Å². The first-order valence-electron chi connectivity index (χ1n) is 5.26. The zero-order valence-electron chi connectivity index (χ0n) is 9.10. The first kappa shape index (κ1) is 10.2. The normalized spacial score (nSPS) is 25.3. The molecule has 1 aliphatic heterocycles. The van der Waals surface area contributed by atoms with Gasteiger partial charge < -0.3 is 10.6 Å². The average Bonchev–Trinajstić information content (AvgIpc) is 2.30. The van der Waals surface area contributed by atoms with Crippen molar-refractivity contribution in [3.63, 3.8) is 0 Å². The maximum atomic E-state index is 11.3. The van der Waals surface area contributed by atoms with E-state index < -0.39 is 0 Å². The second-order valence-electron chi connectivity index (χ2n) is 4.01. The number of β-lactam (4-membered cyclic amide) rings is 1. The van der Waals surface area contributed by atoms with Gasteiger partial charge in [0.15, 0.2) is 0 Å². The molecule has 0 spiro atoms. The number of nitrogens with two attached hydrogens (primary N) is 1. The number of nitrogens with zero attached hydrogens (tertiary/aromatic N) is 1. The summed E-state index contributed by atoms with van der Waals surface area (Å²) in [6.07, 6.45) is 1.03. The summed E-state index contributed by atoms with van der Waals surface area (Å²) in [6.45, 7) is 2.12. The molecule has 0 aromatic heterocycles. The highest BCUT2D eigenvalue weighted by Gasteiger charge is 2.42. The highest BCUT2D eigenvalue weighted by molar-refractivity contribution is 5.89. The van der Waals surface area contributed by atoms with E-state index in [2.05, 4.69) is 31.2 Å². The topological polar surface area (TPSA) is 46.3 Å². The van der Waals surface area contributed by atoms with Crippen molar-refractivity contribution in [3.05, 3.63) is 35.4 Å². The van der Waals surface area contributed by atoms with E-state index in [-0.39, 0.29) is 18.0 Å². The van der Waals surface area contributed by atoms with Crippen molar-refractivity contribution in [2.75, 3.05) is 7.05 Å². The molecular formula is C12H16N2O. The molecule has 1 heterocycles. The first-order valence-corrected chi connectivity index (χ1v) is 5.26. The molecule has 1 aromatic carbocycles. The number of hydrogen-bond acceptors (Lipinski definition) is 2. The summed E-state index contributed by atoms with van der Waals surface area (Å²) in [5, 5.41) is 0. The summed E-state index contributed by atoms with van der Waals surface area (Å²) in [5.74, 6) is 0.0274. The van der Waals surface area contributed by atoms with Crippen molar-refractivity contribution in [2.45, 2.75) is 25.4 Å². The maximum Gasteiger partial charge on any atom is 0.242 e. The van der Waals surface area contributed by atoms with Gasteiger partial charge in [-0.05, 0) is 17.5 Å². The molecule has 3 heteroatoms. The number of rotatable bonds is 2. The summed E-state index contributed by atoms with van der Waals surface area (Å²) in [5.41, 5.74) is 8.20. The monoisotopic (exact) mass is 204 g/mol. The zero-order valence-corrected chi connectivity index (χ0v) is 9.10. The summed E-state index contributed by atoms with van der Waals surface area (Å²) >= 11 is 0. The maximum absolute atomic E-state index is 11.3. The number of benzene rings is 1. The van der Waals surface area contributed by atoms with Crippen LogP contribution in [0.5, 0.6) is 0 Å². The standard InChI is InChI=1S/C12H16N2O/c1-3-8-4-6-9(7-5-8)11-10(13)12(15)14(11)2/h4-7,10-11H,3,13H2,1-2H3/t10-,11-/m0/s1. The fourth-order valence-corrected chi connectivity index (χ4v) is 2.05. The Bertz CT molecular complexity index is 360. The molecule has 1 aliphatic rings. The van der Waals surface area contributed by atoms with Crippen molar-refractivity contribution in [3.8, 4) is 0 Å². The molecule has 1 fully saturated rings. The van der Waals surface area contributed by atoms with Gasteiger partial charge in [-0.15, -0.1) is 0 Å². The largest absolute Gasteiger partial charge is 0.335 e. The van der Waals surface area contributed by atoms with Gasteiger partial charge in [-0.1, -0.05) is 31.2 Å². The van der Waals surface area contributed by atoms with E-state index in [0.717, 1.165) is 12.0 Å². The molecule has 0 aliphatic carbocycles. The molecule has 2 atom stereocenters. The number of likely N-dealkylation sites (tertiary alicyclic amines) is 1. The fraction of sp³-hybridized carbons (Fsp3) is 0.417. The summed E-state index contributed by atoms with van der Waals surface area (Å²) < 4.78 is 0. The van der Waals surface area contributed by atoms with Crippen LogP contribution in [0.1, 0.15) is 24.1 Å². The number of amides is 1. The third-order valence-corrected chi connectivity index (χ3v) is 3.12. The Hall–Kier alpha value is -1.35. The number of carbonyl (C=O) groups excluding carboxylic acids is 1. The lowest BCUT2D eigenvalue weighted by atomic mass is 9.89. The second-order valence-corrected chi connectivity index (χ2v) is 4.01. The molecule has 0 unspecified atom stereocenters. The Morgan fingerprint density at radius 1 is 1.33 bits per heavy atom. The minimum absolute atomic E-state index is 0.0274. The van der Waals surface area contributed by atoms with Crippen LogP contribution in [-0.4, -0.2) is 23.9 Å². The average molecular weight is 204 g/mol. The quantitative estimate of drug-likeness (QED) is 0.733. The lowest BCUT2D eigenvalue weighted by Crippen LogP contribution is -2.61. The third kappa shape index (κ3) is 1.53. The van der Waals surface area contributed by atoms with Crippen molar-refractivity contribution >= 4 is 5.91 Å². The minimum Gasteiger partial charge on any atom is -0.335 e. The van der Waals surface area contributed by atoms with Gasteiger partial charge >= 0.3 is 0 Å². The van der Waals surface area contributed by atoms with Crippen LogP contribution in [0.25, 0.3) is 0 Å². The van der Waals surface area contributed by atoms with Gasteiger partial charge in [-0.3, -0.25) is 4.79 Å². The van der Waals surface area contributed by atoms with Crippen LogP contribution in [0.3, 0.4) is 0 Å². The summed E-state index contributed by atoms with van der Waals surface area (Å²) in [7, 11) is 1.80. The van der Waals surface area contributed by atoms with Crippen molar-refractivity contribution in [1.29, 1.82) is 0 Å². The minimum atomic E-state index is -0.359. The summed E-state index contributed by atoms with van der Waals surface area (Å²) in [6, 6.07) is 8.02. The van der Waals surface area contributed by atoms with Crippen LogP contribution in [0.15, 0.2) is 24.3 Å². The van der Waals surface area contributed by atoms with Crippen LogP contribution >= 0.6 is 0 Å². The van der Waals surface area contributed by atoms with Crippen LogP contribution in [0, 0.1) is 0 Å².